The van der Waals surface area contributed by atoms with E-state index in [1.54, 1.807) is 30.3 Å². The van der Waals surface area contributed by atoms with Crippen LogP contribution in [0.5, 0.6) is 0 Å². The van der Waals surface area contributed by atoms with Gasteiger partial charge in [-0.15, -0.1) is 0 Å². The first kappa shape index (κ1) is 17.5. The molecule has 0 bridgehead atoms. The van der Waals surface area contributed by atoms with Crippen LogP contribution in [0.3, 0.4) is 0 Å². The number of fused-ring (bicyclic) bond motifs is 1. The molecular weight excluding hydrogens is 336 g/mol. The Morgan fingerprint density at radius 2 is 1.88 bits per heavy atom. The third kappa shape index (κ3) is 3.83. The maximum atomic E-state index is 12.6. The van der Waals surface area contributed by atoms with Gasteiger partial charge in [-0.1, -0.05) is 13.8 Å². The minimum atomic E-state index is -0.739. The van der Waals surface area contributed by atoms with E-state index in [2.05, 4.69) is 10.6 Å². The molecule has 2 amide bonds. The van der Waals surface area contributed by atoms with Crippen LogP contribution in [0.25, 0.3) is 11.0 Å². The van der Waals surface area contributed by atoms with Crippen LogP contribution in [0, 0.1) is 5.92 Å². The van der Waals surface area contributed by atoms with E-state index in [0.717, 1.165) is 0 Å². The fraction of sp³-hybridized carbons (Fsp3) is 0.211. The Balaban J connectivity index is 1.76. The van der Waals surface area contributed by atoms with Gasteiger partial charge in [0.15, 0.2) is 5.76 Å². The molecule has 3 aromatic rings. The molecule has 0 aliphatic carbocycles. The predicted molar refractivity (Wildman–Crippen MR) is 95.9 cm³/mol. The van der Waals surface area contributed by atoms with Gasteiger partial charge in [0.1, 0.15) is 11.6 Å². The summed E-state index contributed by atoms with van der Waals surface area (Å²) in [6.45, 7) is 3.67. The molecule has 7 heteroatoms. The van der Waals surface area contributed by atoms with E-state index in [9.17, 15) is 14.4 Å². The average Bonchev–Trinajstić information content (AvgIpc) is 3.14. The van der Waals surface area contributed by atoms with Crippen molar-refractivity contribution in [2.45, 2.75) is 19.9 Å². The number of furan rings is 1. The lowest BCUT2D eigenvalue weighted by molar-refractivity contribution is -0.118. The molecular formula is C19H18N2O5. The van der Waals surface area contributed by atoms with Gasteiger partial charge in [-0.05, 0) is 42.3 Å². The van der Waals surface area contributed by atoms with Crippen LogP contribution in [0.2, 0.25) is 0 Å². The second-order valence-electron chi connectivity index (χ2n) is 6.17. The summed E-state index contributed by atoms with van der Waals surface area (Å²) in [5.41, 5.74) is 0.533. The molecule has 0 radical (unpaired) electrons. The zero-order valence-electron chi connectivity index (χ0n) is 14.3. The Morgan fingerprint density at radius 3 is 2.58 bits per heavy atom. The van der Waals surface area contributed by atoms with Gasteiger partial charge in [-0.3, -0.25) is 9.59 Å². The van der Waals surface area contributed by atoms with Crippen molar-refractivity contribution in [2.75, 3.05) is 5.32 Å². The summed E-state index contributed by atoms with van der Waals surface area (Å²) in [7, 11) is 0. The molecule has 7 nitrogen and oxygen atoms in total. The highest BCUT2D eigenvalue weighted by atomic mass is 16.4. The van der Waals surface area contributed by atoms with Crippen molar-refractivity contribution in [1.82, 2.24) is 5.32 Å². The third-order valence-electron chi connectivity index (χ3n) is 3.87. The van der Waals surface area contributed by atoms with Crippen LogP contribution in [0.4, 0.5) is 5.69 Å². The monoisotopic (exact) mass is 354 g/mol. The van der Waals surface area contributed by atoms with E-state index >= 15 is 0 Å². The standard InChI is InChI=1S/C19H18N2O5/c1-11(2)17(21-18(23)15-4-3-9-25-15)19(24)20-13-6-7-14-12(10-13)5-8-16(22)26-14/h3-11,17H,1-2H3,(H,20,24)(H,21,23). The first-order chi connectivity index (χ1) is 12.4. The van der Waals surface area contributed by atoms with Crippen LogP contribution >= 0.6 is 0 Å². The topological polar surface area (TPSA) is 102 Å². The number of amides is 2. The van der Waals surface area contributed by atoms with Gasteiger partial charge in [0.05, 0.1) is 6.26 Å². The quantitative estimate of drug-likeness (QED) is 0.686. The predicted octanol–water partition coefficient (Wildman–Crippen LogP) is 2.78. The number of anilines is 1. The van der Waals surface area contributed by atoms with Crippen LogP contribution in [0.1, 0.15) is 24.4 Å². The molecule has 0 saturated carbocycles. The van der Waals surface area contributed by atoms with Crippen molar-refractivity contribution in [3.63, 3.8) is 0 Å². The fourth-order valence-electron chi connectivity index (χ4n) is 2.52. The summed E-state index contributed by atoms with van der Waals surface area (Å²) >= 11 is 0. The van der Waals surface area contributed by atoms with Crippen LogP contribution < -0.4 is 16.3 Å². The van der Waals surface area contributed by atoms with Crippen molar-refractivity contribution in [1.29, 1.82) is 0 Å². The molecule has 0 aliphatic rings. The van der Waals surface area contributed by atoms with E-state index in [-0.39, 0.29) is 17.6 Å². The minimum absolute atomic E-state index is 0.132. The van der Waals surface area contributed by atoms with Gasteiger partial charge in [0.2, 0.25) is 5.91 Å². The Kier molecular flexibility index (Phi) is 4.88. The maximum Gasteiger partial charge on any atom is 0.336 e. The highest BCUT2D eigenvalue weighted by Gasteiger charge is 2.25. The van der Waals surface area contributed by atoms with Crippen LogP contribution in [-0.2, 0) is 4.79 Å². The van der Waals surface area contributed by atoms with Gasteiger partial charge in [0.25, 0.3) is 5.91 Å². The summed E-state index contributed by atoms with van der Waals surface area (Å²) in [5.74, 6) is -0.794. The lowest BCUT2D eigenvalue weighted by Gasteiger charge is -2.21. The average molecular weight is 354 g/mol. The maximum absolute atomic E-state index is 12.6. The van der Waals surface area contributed by atoms with E-state index in [1.807, 2.05) is 13.8 Å². The number of nitrogens with one attached hydrogen (secondary N) is 2. The molecule has 134 valence electrons. The molecule has 0 spiro atoms. The summed E-state index contributed by atoms with van der Waals surface area (Å²) in [4.78, 5) is 36.0. The Hall–Kier alpha value is -3.35. The lowest BCUT2D eigenvalue weighted by Crippen LogP contribution is -2.47. The summed E-state index contributed by atoms with van der Waals surface area (Å²) < 4.78 is 10.1. The Bertz CT molecular complexity index is 989. The normalized spacial score (nSPS) is 12.1. The van der Waals surface area contributed by atoms with Gasteiger partial charge < -0.3 is 19.5 Å². The summed E-state index contributed by atoms with van der Waals surface area (Å²) in [6, 6.07) is 10.3. The number of benzene rings is 1. The first-order valence-electron chi connectivity index (χ1n) is 8.13. The highest BCUT2D eigenvalue weighted by molar-refractivity contribution is 6.01. The number of hydrogen-bond acceptors (Lipinski definition) is 5. The Labute approximate surface area is 149 Å². The van der Waals surface area contributed by atoms with Crippen molar-refractivity contribution >= 4 is 28.5 Å². The van der Waals surface area contributed by atoms with Crippen molar-refractivity contribution < 1.29 is 18.4 Å². The van der Waals surface area contributed by atoms with Gasteiger partial charge in [0, 0.05) is 17.1 Å². The minimum Gasteiger partial charge on any atom is -0.459 e. The molecule has 2 heterocycles. The fourth-order valence-corrected chi connectivity index (χ4v) is 2.52. The van der Waals surface area contributed by atoms with E-state index in [0.29, 0.717) is 16.7 Å². The summed E-state index contributed by atoms with van der Waals surface area (Å²) in [6.07, 6.45) is 1.40. The summed E-state index contributed by atoms with van der Waals surface area (Å²) in [5, 5.41) is 6.14. The highest BCUT2D eigenvalue weighted by Crippen LogP contribution is 2.18. The second kappa shape index (κ2) is 7.26. The SMILES string of the molecule is CC(C)C(NC(=O)c1ccco1)C(=O)Nc1ccc2oc(=O)ccc2c1. The first-order valence-corrected chi connectivity index (χ1v) is 8.13. The zero-order chi connectivity index (χ0) is 18.7. The molecule has 2 aromatic heterocycles. The molecule has 0 fully saturated rings. The number of rotatable bonds is 5. The third-order valence-corrected chi connectivity index (χ3v) is 3.87. The van der Waals surface area contributed by atoms with Crippen molar-refractivity contribution in [2.24, 2.45) is 5.92 Å². The van der Waals surface area contributed by atoms with Gasteiger partial charge >= 0.3 is 5.63 Å². The zero-order valence-corrected chi connectivity index (χ0v) is 14.3. The van der Waals surface area contributed by atoms with E-state index in [4.69, 9.17) is 8.83 Å². The number of carbonyl (C=O) groups is 2. The lowest BCUT2D eigenvalue weighted by atomic mass is 10.0. The van der Waals surface area contributed by atoms with Crippen LogP contribution in [-0.4, -0.2) is 17.9 Å². The Morgan fingerprint density at radius 1 is 1.08 bits per heavy atom. The van der Waals surface area contributed by atoms with E-state index < -0.39 is 17.6 Å². The van der Waals surface area contributed by atoms with E-state index in [1.165, 1.54) is 18.4 Å². The van der Waals surface area contributed by atoms with Crippen molar-refractivity contribution in [3.05, 3.63) is 64.9 Å². The number of carbonyl (C=O) groups excluding carboxylic acids is 2. The molecule has 1 atom stereocenters. The molecule has 3 rings (SSSR count). The molecule has 1 aromatic carbocycles. The van der Waals surface area contributed by atoms with Crippen LogP contribution in [0.15, 0.2) is 62.4 Å². The smallest absolute Gasteiger partial charge is 0.336 e. The second-order valence-corrected chi connectivity index (χ2v) is 6.17. The number of hydrogen-bond donors (Lipinski definition) is 2. The molecule has 2 N–H and O–H groups in total. The van der Waals surface area contributed by atoms with Gasteiger partial charge in [-0.25, -0.2) is 4.79 Å². The molecule has 1 unspecified atom stereocenters. The molecule has 0 aliphatic heterocycles. The molecule has 26 heavy (non-hydrogen) atoms. The molecule has 0 saturated heterocycles. The largest absolute Gasteiger partial charge is 0.459 e. The van der Waals surface area contributed by atoms with Gasteiger partial charge in [-0.2, -0.15) is 0 Å². The van der Waals surface area contributed by atoms with Crippen molar-refractivity contribution in [3.8, 4) is 0 Å².